The average molecular weight is 310 g/mol. The van der Waals surface area contributed by atoms with Gasteiger partial charge in [0.15, 0.2) is 0 Å². The molecule has 21 heavy (non-hydrogen) atoms. The maximum Gasteiger partial charge on any atom is 0.327 e. The van der Waals surface area contributed by atoms with E-state index in [1.807, 2.05) is 0 Å². The molecular formula is C13H14N2O5S. The molecule has 1 saturated heterocycles. The van der Waals surface area contributed by atoms with Crippen molar-refractivity contribution in [2.24, 2.45) is 0 Å². The minimum atomic E-state index is -1.10. The third kappa shape index (κ3) is 2.71. The Morgan fingerprint density at radius 3 is 2.71 bits per heavy atom. The molecule has 7 nitrogen and oxygen atoms in total. The Morgan fingerprint density at radius 1 is 1.48 bits per heavy atom. The van der Waals surface area contributed by atoms with E-state index >= 15 is 0 Å². The molecule has 1 fully saturated rings. The fourth-order valence-electron chi connectivity index (χ4n) is 2.35. The van der Waals surface area contributed by atoms with Gasteiger partial charge in [-0.05, 0) is 19.4 Å². The second-order valence-corrected chi connectivity index (χ2v) is 6.07. The van der Waals surface area contributed by atoms with E-state index in [9.17, 15) is 24.8 Å². The van der Waals surface area contributed by atoms with E-state index in [-0.39, 0.29) is 22.4 Å². The van der Waals surface area contributed by atoms with Crippen molar-refractivity contribution in [2.75, 3.05) is 5.75 Å². The Morgan fingerprint density at radius 2 is 2.14 bits per heavy atom. The number of nitro groups is 1. The number of carbonyl (C=O) groups is 2. The van der Waals surface area contributed by atoms with E-state index in [1.165, 1.54) is 28.8 Å². The second-order valence-electron chi connectivity index (χ2n) is 4.73. The topological polar surface area (TPSA) is 101 Å². The van der Waals surface area contributed by atoms with Gasteiger partial charge in [0.05, 0.1) is 10.3 Å². The summed E-state index contributed by atoms with van der Waals surface area (Å²) in [5.41, 5.74) is 0.124. The number of nitro benzene ring substituents is 1. The zero-order chi connectivity index (χ0) is 15.7. The number of amides is 1. The van der Waals surface area contributed by atoms with Gasteiger partial charge in [-0.15, -0.1) is 11.8 Å². The third-order valence-electron chi connectivity index (χ3n) is 3.40. The summed E-state index contributed by atoms with van der Waals surface area (Å²) in [4.78, 5) is 35.6. The summed E-state index contributed by atoms with van der Waals surface area (Å²) in [6, 6.07) is 3.39. The van der Waals surface area contributed by atoms with Crippen LogP contribution in [0.5, 0.6) is 0 Å². The van der Waals surface area contributed by atoms with Crippen molar-refractivity contribution >= 4 is 29.3 Å². The van der Waals surface area contributed by atoms with Crippen LogP contribution in [0.1, 0.15) is 22.8 Å². The Labute approximate surface area is 125 Å². The van der Waals surface area contributed by atoms with Crippen LogP contribution in [0.2, 0.25) is 0 Å². The minimum Gasteiger partial charge on any atom is -0.480 e. The van der Waals surface area contributed by atoms with Crippen LogP contribution in [0, 0.1) is 17.0 Å². The second kappa shape index (κ2) is 5.72. The highest BCUT2D eigenvalue weighted by Crippen LogP contribution is 2.33. The van der Waals surface area contributed by atoms with E-state index in [2.05, 4.69) is 0 Å². The minimum absolute atomic E-state index is 0.0388. The van der Waals surface area contributed by atoms with Crippen LogP contribution < -0.4 is 0 Å². The molecular weight excluding hydrogens is 296 g/mol. The summed E-state index contributed by atoms with van der Waals surface area (Å²) in [5, 5.41) is 20.0. The number of benzene rings is 1. The average Bonchev–Trinajstić information content (AvgIpc) is 2.79. The van der Waals surface area contributed by atoms with Gasteiger partial charge in [0.2, 0.25) is 0 Å². The predicted molar refractivity (Wildman–Crippen MR) is 77.3 cm³/mol. The first-order chi connectivity index (χ1) is 9.84. The molecule has 1 aromatic carbocycles. The molecule has 1 heterocycles. The lowest BCUT2D eigenvalue weighted by atomic mass is 10.0. The fraction of sp³-hybridized carbons (Fsp3) is 0.385. The van der Waals surface area contributed by atoms with Crippen LogP contribution in [0.4, 0.5) is 5.69 Å². The molecule has 1 N–H and O–H groups in total. The summed E-state index contributed by atoms with van der Waals surface area (Å²) < 4.78 is 0. The Hall–Kier alpha value is -2.09. The lowest BCUT2D eigenvalue weighted by Crippen LogP contribution is -2.45. The summed E-state index contributed by atoms with van der Waals surface area (Å²) in [5.74, 6) is -1.43. The number of carboxylic acid groups (broad SMARTS) is 1. The first-order valence-electron chi connectivity index (χ1n) is 6.25. The molecule has 0 aliphatic carbocycles. The molecule has 1 aliphatic rings. The molecule has 1 aromatic rings. The Balaban J connectivity index is 2.49. The molecule has 0 spiro atoms. The smallest absolute Gasteiger partial charge is 0.327 e. The van der Waals surface area contributed by atoms with Crippen LogP contribution in [0.3, 0.4) is 0 Å². The van der Waals surface area contributed by atoms with Gasteiger partial charge in [-0.2, -0.15) is 0 Å². The molecule has 2 atom stereocenters. The summed E-state index contributed by atoms with van der Waals surface area (Å²) in [6.45, 7) is 3.32. The van der Waals surface area contributed by atoms with Crippen LogP contribution in [0.15, 0.2) is 18.2 Å². The first-order valence-corrected chi connectivity index (χ1v) is 7.30. The Kier molecular flexibility index (Phi) is 4.17. The zero-order valence-electron chi connectivity index (χ0n) is 11.5. The quantitative estimate of drug-likeness (QED) is 0.676. The normalized spacial score (nSPS) is 21.3. The third-order valence-corrected chi connectivity index (χ3v) is 4.62. The van der Waals surface area contributed by atoms with E-state index in [0.717, 1.165) is 0 Å². The predicted octanol–water partition coefficient (Wildman–Crippen LogP) is 1.89. The van der Waals surface area contributed by atoms with Gasteiger partial charge in [-0.25, -0.2) is 4.79 Å². The maximum atomic E-state index is 12.7. The van der Waals surface area contributed by atoms with Crippen molar-refractivity contribution in [3.63, 3.8) is 0 Å². The van der Waals surface area contributed by atoms with E-state index in [0.29, 0.717) is 5.56 Å². The fourth-order valence-corrected chi connectivity index (χ4v) is 3.52. The number of aryl methyl sites for hydroxylation is 1. The highest BCUT2D eigenvalue weighted by molar-refractivity contribution is 8.00. The molecule has 0 aromatic heterocycles. The van der Waals surface area contributed by atoms with Crippen molar-refractivity contribution in [1.82, 2.24) is 4.90 Å². The zero-order valence-corrected chi connectivity index (χ0v) is 12.3. The lowest BCUT2D eigenvalue weighted by Gasteiger charge is -2.25. The molecule has 1 amide bonds. The van der Waals surface area contributed by atoms with Crippen molar-refractivity contribution in [1.29, 1.82) is 0 Å². The van der Waals surface area contributed by atoms with E-state index in [1.54, 1.807) is 19.9 Å². The van der Waals surface area contributed by atoms with Crippen molar-refractivity contribution in [3.8, 4) is 0 Å². The highest BCUT2D eigenvalue weighted by Gasteiger charge is 2.41. The first kappa shape index (κ1) is 15.3. The summed E-state index contributed by atoms with van der Waals surface area (Å²) in [7, 11) is 0. The van der Waals surface area contributed by atoms with Gasteiger partial charge >= 0.3 is 5.97 Å². The SMILES string of the molecule is Cc1cccc([N+](=O)[O-])c1C(=O)N1C(C)SCC1C(=O)O. The van der Waals surface area contributed by atoms with Gasteiger partial charge in [-0.3, -0.25) is 14.9 Å². The summed E-state index contributed by atoms with van der Waals surface area (Å²) >= 11 is 1.34. The molecule has 8 heteroatoms. The number of hydrogen-bond acceptors (Lipinski definition) is 5. The molecule has 1 aliphatic heterocycles. The number of thioether (sulfide) groups is 1. The lowest BCUT2D eigenvalue weighted by molar-refractivity contribution is -0.385. The van der Waals surface area contributed by atoms with Gasteiger partial charge in [0.1, 0.15) is 11.6 Å². The Bertz CT molecular complexity index is 619. The van der Waals surface area contributed by atoms with Gasteiger partial charge in [0, 0.05) is 11.8 Å². The maximum absolute atomic E-state index is 12.7. The molecule has 0 radical (unpaired) electrons. The number of rotatable bonds is 3. The van der Waals surface area contributed by atoms with Crippen LogP contribution >= 0.6 is 11.8 Å². The van der Waals surface area contributed by atoms with Gasteiger partial charge in [0.25, 0.3) is 11.6 Å². The van der Waals surface area contributed by atoms with Gasteiger partial charge in [-0.1, -0.05) is 12.1 Å². The monoisotopic (exact) mass is 310 g/mol. The number of carboxylic acids is 1. The van der Waals surface area contributed by atoms with Crippen LogP contribution in [0.25, 0.3) is 0 Å². The molecule has 2 rings (SSSR count). The van der Waals surface area contributed by atoms with E-state index in [4.69, 9.17) is 0 Å². The highest BCUT2D eigenvalue weighted by atomic mass is 32.2. The van der Waals surface area contributed by atoms with Crippen LogP contribution in [-0.2, 0) is 4.79 Å². The molecule has 0 bridgehead atoms. The van der Waals surface area contributed by atoms with Crippen molar-refractivity contribution in [3.05, 3.63) is 39.4 Å². The van der Waals surface area contributed by atoms with Crippen molar-refractivity contribution in [2.45, 2.75) is 25.3 Å². The largest absolute Gasteiger partial charge is 0.480 e. The summed E-state index contributed by atoms with van der Waals surface area (Å²) in [6.07, 6.45) is 0. The van der Waals surface area contributed by atoms with Gasteiger partial charge < -0.3 is 10.0 Å². The molecule has 0 saturated carbocycles. The number of carbonyl (C=O) groups excluding carboxylic acids is 1. The molecule has 112 valence electrons. The standard InChI is InChI=1S/C13H14N2O5S/c1-7-4-3-5-9(15(19)20)11(7)12(16)14-8(2)21-6-10(14)13(17)18/h3-5,8,10H,6H2,1-2H3,(H,17,18). The number of nitrogens with zero attached hydrogens (tertiary/aromatic N) is 2. The van der Waals surface area contributed by atoms with Crippen molar-refractivity contribution < 1.29 is 19.6 Å². The number of hydrogen-bond donors (Lipinski definition) is 1. The van der Waals surface area contributed by atoms with E-state index < -0.39 is 22.8 Å². The van der Waals surface area contributed by atoms with Crippen LogP contribution in [-0.4, -0.2) is 44.0 Å². The number of aliphatic carboxylic acids is 1. The molecule has 2 unspecified atom stereocenters.